The fraction of sp³-hybridized carbons (Fsp3) is 0.125. The molecule has 14 heavy (non-hydrogen) atoms. The van der Waals surface area contributed by atoms with E-state index in [9.17, 15) is 4.79 Å². The molecule has 2 heterocycles. The van der Waals surface area contributed by atoms with Gasteiger partial charge in [0, 0.05) is 0 Å². The Kier molecular flexibility index (Phi) is 2.26. The molecule has 0 aliphatic rings. The van der Waals surface area contributed by atoms with Crippen molar-refractivity contribution in [1.29, 1.82) is 0 Å². The highest BCUT2D eigenvalue weighted by molar-refractivity contribution is 5.21. The van der Waals surface area contributed by atoms with E-state index in [-0.39, 0.29) is 5.56 Å². The fourth-order valence-corrected chi connectivity index (χ4v) is 0.977. The van der Waals surface area contributed by atoms with Crippen LogP contribution in [-0.2, 0) is 6.54 Å². The highest BCUT2D eigenvalue weighted by atomic mass is 16.3. The summed E-state index contributed by atoms with van der Waals surface area (Å²) in [6, 6.07) is 3.61. The average Bonchev–Trinajstić information content (AvgIpc) is 2.67. The van der Waals surface area contributed by atoms with Gasteiger partial charge in [-0.2, -0.15) is 0 Å². The van der Waals surface area contributed by atoms with Crippen LogP contribution in [0.4, 0.5) is 5.95 Å². The summed E-state index contributed by atoms with van der Waals surface area (Å²) in [7, 11) is 0. The van der Waals surface area contributed by atoms with Gasteiger partial charge < -0.3 is 9.73 Å². The zero-order valence-electron chi connectivity index (χ0n) is 7.23. The molecule has 0 atom stereocenters. The second-order valence-electron chi connectivity index (χ2n) is 2.62. The van der Waals surface area contributed by atoms with Crippen LogP contribution in [0, 0.1) is 0 Å². The molecule has 0 spiro atoms. The summed E-state index contributed by atoms with van der Waals surface area (Å²) < 4.78 is 5.08. The molecule has 2 N–H and O–H groups in total. The van der Waals surface area contributed by atoms with Crippen molar-refractivity contribution in [2.75, 3.05) is 5.32 Å². The standard InChI is InChI=1S/C8H8N4O2/c13-7-5-10-12-8(11-7)9-4-6-2-1-3-14-6/h1-3,5H,4H2,(H2,9,11,12,13). The summed E-state index contributed by atoms with van der Waals surface area (Å²) in [5, 5.41) is 10.0. The van der Waals surface area contributed by atoms with Crippen molar-refractivity contribution >= 4 is 5.95 Å². The lowest BCUT2D eigenvalue weighted by Crippen LogP contribution is -2.12. The first-order valence-electron chi connectivity index (χ1n) is 4.03. The second-order valence-corrected chi connectivity index (χ2v) is 2.62. The molecule has 72 valence electrons. The Balaban J connectivity index is 2.02. The number of nitrogens with one attached hydrogen (secondary N) is 2. The maximum atomic E-state index is 10.8. The van der Waals surface area contributed by atoms with E-state index in [0.29, 0.717) is 12.5 Å². The fourth-order valence-electron chi connectivity index (χ4n) is 0.977. The minimum absolute atomic E-state index is 0.290. The number of aromatic amines is 1. The van der Waals surface area contributed by atoms with Crippen molar-refractivity contribution in [2.45, 2.75) is 6.54 Å². The first-order chi connectivity index (χ1) is 6.84. The predicted octanol–water partition coefficient (Wildman–Crippen LogP) is 0.370. The van der Waals surface area contributed by atoms with Crippen molar-refractivity contribution in [3.63, 3.8) is 0 Å². The molecule has 2 aromatic rings. The Bertz CT molecular complexity index is 448. The van der Waals surface area contributed by atoms with Crippen LogP contribution in [0.5, 0.6) is 0 Å². The van der Waals surface area contributed by atoms with E-state index in [2.05, 4.69) is 20.5 Å². The summed E-state index contributed by atoms with van der Waals surface area (Å²) in [5.74, 6) is 1.09. The molecular formula is C8H8N4O2. The second kappa shape index (κ2) is 3.73. The van der Waals surface area contributed by atoms with Crippen molar-refractivity contribution < 1.29 is 4.42 Å². The average molecular weight is 192 g/mol. The third-order valence-electron chi connectivity index (χ3n) is 1.58. The van der Waals surface area contributed by atoms with E-state index in [1.54, 1.807) is 12.3 Å². The van der Waals surface area contributed by atoms with Crippen molar-refractivity contribution in [1.82, 2.24) is 15.2 Å². The van der Waals surface area contributed by atoms with E-state index >= 15 is 0 Å². The first-order valence-corrected chi connectivity index (χ1v) is 4.03. The van der Waals surface area contributed by atoms with Gasteiger partial charge in [-0.15, -0.1) is 10.2 Å². The monoisotopic (exact) mass is 192 g/mol. The van der Waals surface area contributed by atoms with Gasteiger partial charge in [0.2, 0.25) is 5.95 Å². The third-order valence-corrected chi connectivity index (χ3v) is 1.58. The van der Waals surface area contributed by atoms with Crippen LogP contribution in [0.3, 0.4) is 0 Å². The highest BCUT2D eigenvalue weighted by Crippen LogP contribution is 2.01. The summed E-state index contributed by atoms with van der Waals surface area (Å²) in [6.07, 6.45) is 2.69. The molecule has 0 aliphatic heterocycles. The number of hydrogen-bond acceptors (Lipinski definition) is 5. The van der Waals surface area contributed by atoms with Crippen LogP contribution in [0.1, 0.15) is 5.76 Å². The Labute approximate surface area is 79.0 Å². The maximum absolute atomic E-state index is 10.8. The van der Waals surface area contributed by atoms with Crippen LogP contribution < -0.4 is 10.9 Å². The van der Waals surface area contributed by atoms with E-state index < -0.39 is 0 Å². The summed E-state index contributed by atoms with van der Waals surface area (Å²) in [6.45, 7) is 0.460. The molecule has 6 nitrogen and oxygen atoms in total. The summed E-state index contributed by atoms with van der Waals surface area (Å²) in [5.41, 5.74) is -0.290. The van der Waals surface area contributed by atoms with Gasteiger partial charge in [0.05, 0.1) is 12.8 Å². The van der Waals surface area contributed by atoms with Gasteiger partial charge >= 0.3 is 0 Å². The Hall–Kier alpha value is -2.11. The molecule has 0 fully saturated rings. The quantitative estimate of drug-likeness (QED) is 0.734. The molecule has 0 saturated carbocycles. The first kappa shape index (κ1) is 8.49. The number of aromatic nitrogens is 3. The lowest BCUT2D eigenvalue weighted by atomic mass is 10.4. The van der Waals surface area contributed by atoms with Gasteiger partial charge in [-0.3, -0.25) is 9.78 Å². The minimum atomic E-state index is -0.290. The van der Waals surface area contributed by atoms with Gasteiger partial charge in [-0.25, -0.2) is 0 Å². The molecule has 0 aliphatic carbocycles. The van der Waals surface area contributed by atoms with Gasteiger partial charge in [-0.1, -0.05) is 0 Å². The van der Waals surface area contributed by atoms with Crippen LogP contribution >= 0.6 is 0 Å². The maximum Gasteiger partial charge on any atom is 0.271 e. The third kappa shape index (κ3) is 1.98. The molecule has 0 amide bonds. The van der Waals surface area contributed by atoms with Gasteiger partial charge in [0.1, 0.15) is 12.0 Å². The molecule has 2 rings (SSSR count). The number of hydrogen-bond donors (Lipinski definition) is 2. The SMILES string of the molecule is O=c1cnnc(NCc2ccco2)[nH]1. The number of anilines is 1. The molecule has 0 saturated heterocycles. The normalized spacial score (nSPS) is 10.0. The molecular weight excluding hydrogens is 184 g/mol. The molecule has 2 aromatic heterocycles. The highest BCUT2D eigenvalue weighted by Gasteiger charge is 1.97. The molecule has 0 unspecified atom stereocenters. The Morgan fingerprint density at radius 3 is 3.21 bits per heavy atom. The van der Waals surface area contributed by atoms with Crippen LogP contribution in [0.15, 0.2) is 33.8 Å². The Morgan fingerprint density at radius 1 is 1.57 bits per heavy atom. The lowest BCUT2D eigenvalue weighted by Gasteiger charge is -2.00. The smallest absolute Gasteiger partial charge is 0.271 e. The van der Waals surface area contributed by atoms with Gasteiger partial charge in [0.25, 0.3) is 5.56 Å². The van der Waals surface area contributed by atoms with Crippen molar-refractivity contribution in [2.24, 2.45) is 0 Å². The van der Waals surface area contributed by atoms with Gasteiger partial charge in [0.15, 0.2) is 0 Å². The summed E-state index contributed by atoms with van der Waals surface area (Å²) >= 11 is 0. The molecule has 0 aromatic carbocycles. The number of H-pyrrole nitrogens is 1. The largest absolute Gasteiger partial charge is 0.467 e. The lowest BCUT2D eigenvalue weighted by molar-refractivity contribution is 0.517. The zero-order valence-corrected chi connectivity index (χ0v) is 7.23. The number of nitrogens with zero attached hydrogens (tertiary/aromatic N) is 2. The van der Waals surface area contributed by atoms with E-state index in [4.69, 9.17) is 4.42 Å². The minimum Gasteiger partial charge on any atom is -0.467 e. The zero-order chi connectivity index (χ0) is 9.80. The van der Waals surface area contributed by atoms with E-state index in [1.807, 2.05) is 6.07 Å². The van der Waals surface area contributed by atoms with E-state index in [0.717, 1.165) is 12.0 Å². The molecule has 0 bridgehead atoms. The van der Waals surface area contributed by atoms with Gasteiger partial charge in [-0.05, 0) is 12.1 Å². The van der Waals surface area contributed by atoms with Crippen LogP contribution in [-0.4, -0.2) is 15.2 Å². The van der Waals surface area contributed by atoms with Crippen LogP contribution in [0.25, 0.3) is 0 Å². The number of rotatable bonds is 3. The topological polar surface area (TPSA) is 83.8 Å². The number of furan rings is 1. The molecule has 6 heteroatoms. The van der Waals surface area contributed by atoms with Crippen molar-refractivity contribution in [3.8, 4) is 0 Å². The van der Waals surface area contributed by atoms with Crippen molar-refractivity contribution in [3.05, 3.63) is 40.7 Å². The van der Waals surface area contributed by atoms with E-state index in [1.165, 1.54) is 0 Å². The predicted molar refractivity (Wildman–Crippen MR) is 48.7 cm³/mol. The summed E-state index contributed by atoms with van der Waals surface area (Å²) in [4.78, 5) is 13.3. The van der Waals surface area contributed by atoms with Crippen LogP contribution in [0.2, 0.25) is 0 Å². The Morgan fingerprint density at radius 2 is 2.50 bits per heavy atom. The molecule has 0 radical (unpaired) electrons.